The summed E-state index contributed by atoms with van der Waals surface area (Å²) in [7, 11) is 1.99. The van der Waals surface area contributed by atoms with E-state index in [0.717, 1.165) is 38.1 Å². The van der Waals surface area contributed by atoms with Gasteiger partial charge in [0, 0.05) is 17.8 Å². The molecular formula is C16H29N3. The molecule has 3 nitrogen and oxygen atoms in total. The number of hydrogen-bond acceptors (Lipinski definition) is 3. The van der Waals surface area contributed by atoms with Crippen molar-refractivity contribution in [3.63, 3.8) is 0 Å². The van der Waals surface area contributed by atoms with Gasteiger partial charge in [-0.3, -0.25) is 0 Å². The standard InChI is InChI=1S/C16H29N3/c1-7-13-12(9-10-17-6)14(8-2)19-15(18-13)11-16(3,4)5/h17H,7-11H2,1-6H3. The highest BCUT2D eigenvalue weighted by molar-refractivity contribution is 5.27. The molecule has 0 fully saturated rings. The molecule has 0 aliphatic rings. The lowest BCUT2D eigenvalue weighted by molar-refractivity contribution is 0.399. The minimum Gasteiger partial charge on any atom is -0.319 e. The van der Waals surface area contributed by atoms with Gasteiger partial charge in [-0.25, -0.2) is 9.97 Å². The summed E-state index contributed by atoms with van der Waals surface area (Å²) >= 11 is 0. The number of aromatic nitrogens is 2. The summed E-state index contributed by atoms with van der Waals surface area (Å²) in [5.74, 6) is 1.01. The minimum absolute atomic E-state index is 0.239. The molecule has 0 radical (unpaired) electrons. The first-order valence-electron chi connectivity index (χ1n) is 7.43. The summed E-state index contributed by atoms with van der Waals surface area (Å²) in [5, 5.41) is 3.22. The smallest absolute Gasteiger partial charge is 0.129 e. The molecule has 1 rings (SSSR count). The van der Waals surface area contributed by atoms with Gasteiger partial charge < -0.3 is 5.32 Å². The summed E-state index contributed by atoms with van der Waals surface area (Å²) in [6.45, 7) is 12.1. The van der Waals surface area contributed by atoms with E-state index in [0.29, 0.717) is 0 Å². The van der Waals surface area contributed by atoms with Gasteiger partial charge in [0.05, 0.1) is 0 Å². The van der Waals surface area contributed by atoms with Crippen LogP contribution in [0.3, 0.4) is 0 Å². The monoisotopic (exact) mass is 263 g/mol. The van der Waals surface area contributed by atoms with Gasteiger partial charge >= 0.3 is 0 Å². The SMILES string of the molecule is CCc1nc(CC(C)(C)C)nc(CC)c1CCNC. The number of rotatable bonds is 6. The summed E-state index contributed by atoms with van der Waals surface area (Å²) in [6, 6.07) is 0. The molecule has 0 aliphatic carbocycles. The Hall–Kier alpha value is -0.960. The van der Waals surface area contributed by atoms with E-state index in [9.17, 15) is 0 Å². The highest BCUT2D eigenvalue weighted by Crippen LogP contribution is 2.21. The van der Waals surface area contributed by atoms with Crippen LogP contribution in [-0.2, 0) is 25.7 Å². The first kappa shape index (κ1) is 16.1. The number of aryl methyl sites for hydroxylation is 2. The molecule has 1 heterocycles. The Labute approximate surface area is 118 Å². The average Bonchev–Trinajstić information content (AvgIpc) is 2.34. The summed E-state index contributed by atoms with van der Waals surface area (Å²) in [6.07, 6.45) is 3.95. The Morgan fingerprint density at radius 2 is 1.53 bits per heavy atom. The molecule has 1 aromatic heterocycles. The third kappa shape index (κ3) is 4.90. The number of nitrogens with zero attached hydrogens (tertiary/aromatic N) is 2. The summed E-state index contributed by atoms with van der Waals surface area (Å²) in [4.78, 5) is 9.60. The fraction of sp³-hybridized carbons (Fsp3) is 0.750. The van der Waals surface area contributed by atoms with Crippen molar-refractivity contribution in [1.29, 1.82) is 0 Å². The quantitative estimate of drug-likeness (QED) is 0.857. The van der Waals surface area contributed by atoms with E-state index in [1.165, 1.54) is 17.0 Å². The molecule has 1 N–H and O–H groups in total. The van der Waals surface area contributed by atoms with E-state index in [-0.39, 0.29) is 5.41 Å². The average molecular weight is 263 g/mol. The maximum atomic E-state index is 4.80. The fourth-order valence-electron chi connectivity index (χ4n) is 2.31. The van der Waals surface area contributed by atoms with Crippen LogP contribution in [0.4, 0.5) is 0 Å². The van der Waals surface area contributed by atoms with Gasteiger partial charge in [0.15, 0.2) is 0 Å². The Morgan fingerprint density at radius 3 is 1.89 bits per heavy atom. The van der Waals surface area contributed by atoms with Crippen molar-refractivity contribution in [3.8, 4) is 0 Å². The first-order chi connectivity index (χ1) is 8.91. The minimum atomic E-state index is 0.239. The van der Waals surface area contributed by atoms with Crippen molar-refractivity contribution in [2.75, 3.05) is 13.6 Å². The van der Waals surface area contributed by atoms with Crippen molar-refractivity contribution >= 4 is 0 Å². The lowest BCUT2D eigenvalue weighted by Gasteiger charge is -2.19. The molecule has 0 aliphatic heterocycles. The first-order valence-corrected chi connectivity index (χ1v) is 7.43. The Kier molecular flexibility index (Phi) is 5.92. The second-order valence-electron chi connectivity index (χ2n) is 6.31. The largest absolute Gasteiger partial charge is 0.319 e. The van der Waals surface area contributed by atoms with Crippen LogP contribution < -0.4 is 5.32 Å². The molecule has 0 bridgehead atoms. The normalized spacial score (nSPS) is 11.9. The van der Waals surface area contributed by atoms with E-state index < -0.39 is 0 Å². The molecule has 0 saturated carbocycles. The molecule has 0 spiro atoms. The van der Waals surface area contributed by atoms with Gasteiger partial charge in [0.2, 0.25) is 0 Å². The highest BCUT2D eigenvalue weighted by atomic mass is 14.9. The molecule has 0 unspecified atom stereocenters. The molecule has 3 heteroatoms. The van der Waals surface area contributed by atoms with E-state index in [4.69, 9.17) is 9.97 Å². The van der Waals surface area contributed by atoms with E-state index in [1.54, 1.807) is 0 Å². The van der Waals surface area contributed by atoms with Crippen LogP contribution in [0.1, 0.15) is 57.4 Å². The fourth-order valence-corrected chi connectivity index (χ4v) is 2.31. The summed E-state index contributed by atoms with van der Waals surface area (Å²) < 4.78 is 0. The predicted molar refractivity (Wildman–Crippen MR) is 81.6 cm³/mol. The molecule has 1 aromatic rings. The van der Waals surface area contributed by atoms with Crippen LogP contribution in [0.5, 0.6) is 0 Å². The highest BCUT2D eigenvalue weighted by Gasteiger charge is 2.17. The predicted octanol–water partition coefficient (Wildman–Crippen LogP) is 2.95. The van der Waals surface area contributed by atoms with Crippen LogP contribution in [0.2, 0.25) is 0 Å². The molecule has 0 aromatic carbocycles. The molecular weight excluding hydrogens is 234 g/mol. The Balaban J connectivity index is 3.12. The van der Waals surface area contributed by atoms with Crippen LogP contribution >= 0.6 is 0 Å². The molecule has 0 atom stereocenters. The van der Waals surface area contributed by atoms with Crippen molar-refractivity contribution in [3.05, 3.63) is 22.8 Å². The lowest BCUT2D eigenvalue weighted by atomic mass is 9.91. The Bertz CT molecular complexity index is 380. The van der Waals surface area contributed by atoms with Crippen LogP contribution in [-0.4, -0.2) is 23.6 Å². The van der Waals surface area contributed by atoms with Crippen LogP contribution in [0.25, 0.3) is 0 Å². The maximum Gasteiger partial charge on any atom is 0.129 e. The van der Waals surface area contributed by atoms with Crippen molar-refractivity contribution in [2.24, 2.45) is 5.41 Å². The second-order valence-corrected chi connectivity index (χ2v) is 6.31. The van der Waals surface area contributed by atoms with Gasteiger partial charge in [-0.2, -0.15) is 0 Å². The van der Waals surface area contributed by atoms with E-state index in [2.05, 4.69) is 39.9 Å². The second kappa shape index (κ2) is 6.99. The molecule has 108 valence electrons. The van der Waals surface area contributed by atoms with Crippen molar-refractivity contribution in [1.82, 2.24) is 15.3 Å². The summed E-state index contributed by atoms with van der Waals surface area (Å²) in [5.41, 5.74) is 4.07. The number of likely N-dealkylation sites (N-methyl/N-ethyl adjacent to an activating group) is 1. The number of hydrogen-bond donors (Lipinski definition) is 1. The Morgan fingerprint density at radius 1 is 1.00 bits per heavy atom. The van der Waals surface area contributed by atoms with Gasteiger partial charge in [-0.1, -0.05) is 34.6 Å². The molecule has 0 saturated heterocycles. The lowest BCUT2D eigenvalue weighted by Crippen LogP contribution is -2.18. The zero-order valence-electron chi connectivity index (χ0n) is 13.4. The van der Waals surface area contributed by atoms with Gasteiger partial charge in [-0.15, -0.1) is 0 Å². The van der Waals surface area contributed by atoms with Gasteiger partial charge in [0.1, 0.15) is 5.82 Å². The zero-order chi connectivity index (χ0) is 14.5. The zero-order valence-corrected chi connectivity index (χ0v) is 13.4. The topological polar surface area (TPSA) is 37.8 Å². The van der Waals surface area contributed by atoms with Crippen LogP contribution in [0.15, 0.2) is 0 Å². The van der Waals surface area contributed by atoms with E-state index >= 15 is 0 Å². The van der Waals surface area contributed by atoms with Gasteiger partial charge in [0.25, 0.3) is 0 Å². The van der Waals surface area contributed by atoms with E-state index in [1.807, 2.05) is 7.05 Å². The molecule has 19 heavy (non-hydrogen) atoms. The third-order valence-electron chi connectivity index (χ3n) is 3.21. The van der Waals surface area contributed by atoms with Gasteiger partial charge in [-0.05, 0) is 43.8 Å². The maximum absolute atomic E-state index is 4.80. The van der Waals surface area contributed by atoms with Crippen LogP contribution in [0, 0.1) is 5.41 Å². The third-order valence-corrected chi connectivity index (χ3v) is 3.21. The van der Waals surface area contributed by atoms with Crippen molar-refractivity contribution < 1.29 is 0 Å². The van der Waals surface area contributed by atoms with Crippen molar-refractivity contribution in [2.45, 2.75) is 60.3 Å². The number of nitrogens with one attached hydrogen (secondary N) is 1. The molecule has 0 amide bonds.